The number of anilines is 1. The van der Waals surface area contributed by atoms with E-state index >= 15 is 0 Å². The molecule has 0 spiro atoms. The van der Waals surface area contributed by atoms with Crippen molar-refractivity contribution in [2.75, 3.05) is 11.4 Å². The lowest BCUT2D eigenvalue weighted by Crippen LogP contribution is -2.24. The van der Waals surface area contributed by atoms with Crippen LogP contribution in [0.4, 0.5) is 11.4 Å². The van der Waals surface area contributed by atoms with Gasteiger partial charge in [0.2, 0.25) is 11.7 Å². The zero-order valence-corrected chi connectivity index (χ0v) is 11.3. The molecule has 0 saturated carbocycles. The van der Waals surface area contributed by atoms with Gasteiger partial charge in [0.1, 0.15) is 0 Å². The lowest BCUT2D eigenvalue weighted by molar-refractivity contribution is -0.385. The van der Waals surface area contributed by atoms with Crippen molar-refractivity contribution >= 4 is 44.8 Å². The first-order chi connectivity index (χ1) is 8.40. The minimum absolute atomic E-state index is 0.0394. The summed E-state index contributed by atoms with van der Waals surface area (Å²) in [5.74, 6) is -0.761. The molecule has 0 aromatic heterocycles. The molecular weight excluding hydrogens is 327 g/mol. The Hall–Kier alpha value is -1.34. The van der Waals surface area contributed by atoms with Crippen molar-refractivity contribution in [3.63, 3.8) is 0 Å². The minimum Gasteiger partial charge on any atom is -0.501 e. The first kappa shape index (κ1) is 13.1. The molecule has 1 heterocycles. The minimum atomic E-state index is -0.739. The molecule has 1 amide bonds. The van der Waals surface area contributed by atoms with E-state index in [2.05, 4.69) is 15.9 Å². The molecule has 6 nitrogen and oxygen atoms in total. The summed E-state index contributed by atoms with van der Waals surface area (Å²) >= 11 is 9.06. The van der Waals surface area contributed by atoms with Gasteiger partial charge in [-0.1, -0.05) is 27.5 Å². The number of carbonyl (C=O) groups excluding carboxylic acids is 1. The fourth-order valence-electron chi connectivity index (χ4n) is 1.81. The van der Waals surface area contributed by atoms with E-state index in [4.69, 9.17) is 11.6 Å². The fourth-order valence-corrected chi connectivity index (χ4v) is 2.59. The van der Waals surface area contributed by atoms with Crippen LogP contribution in [0.15, 0.2) is 12.1 Å². The van der Waals surface area contributed by atoms with E-state index in [-0.39, 0.29) is 27.9 Å². The third-order valence-electron chi connectivity index (χ3n) is 2.60. The van der Waals surface area contributed by atoms with Crippen molar-refractivity contribution < 1.29 is 14.8 Å². The summed E-state index contributed by atoms with van der Waals surface area (Å²) < 4.78 is 0. The molecule has 1 aliphatic heterocycles. The summed E-state index contributed by atoms with van der Waals surface area (Å²) in [4.78, 5) is 23.0. The van der Waals surface area contributed by atoms with E-state index in [1.54, 1.807) is 0 Å². The molecule has 0 bridgehead atoms. The summed E-state index contributed by atoms with van der Waals surface area (Å²) in [6.45, 7) is 0.337. The van der Waals surface area contributed by atoms with Gasteiger partial charge in [0.05, 0.1) is 10.6 Å². The van der Waals surface area contributed by atoms with Crippen molar-refractivity contribution in [3.8, 4) is 5.75 Å². The van der Waals surface area contributed by atoms with Gasteiger partial charge >= 0.3 is 5.69 Å². The molecule has 1 atom stereocenters. The average Bonchev–Trinajstić information content (AvgIpc) is 2.60. The number of benzene rings is 1. The normalized spacial score (nSPS) is 19.3. The van der Waals surface area contributed by atoms with E-state index in [1.165, 1.54) is 11.0 Å². The Morgan fingerprint density at radius 3 is 2.72 bits per heavy atom. The van der Waals surface area contributed by atoms with Crippen LogP contribution in [0.2, 0.25) is 5.02 Å². The number of aromatic hydroxyl groups is 1. The summed E-state index contributed by atoms with van der Waals surface area (Å²) in [5, 5.41) is 20.7. The number of nitro groups is 1. The molecule has 18 heavy (non-hydrogen) atoms. The second kappa shape index (κ2) is 4.74. The second-order valence-corrected chi connectivity index (χ2v) is 5.59. The van der Waals surface area contributed by atoms with Gasteiger partial charge in [-0.2, -0.15) is 0 Å². The molecule has 96 valence electrons. The Morgan fingerprint density at radius 2 is 2.22 bits per heavy atom. The largest absolute Gasteiger partial charge is 0.501 e. The Kier molecular flexibility index (Phi) is 3.45. The number of rotatable bonds is 2. The SMILES string of the molecule is O=C1CC(Br)CN1c1cc(Cl)cc([N+](=O)[O-])c1O. The quantitative estimate of drug-likeness (QED) is 0.511. The Bertz CT molecular complexity index is 537. The Balaban J connectivity index is 2.51. The fraction of sp³-hybridized carbons (Fsp3) is 0.300. The number of phenols is 1. The number of carbonyl (C=O) groups is 1. The molecule has 2 rings (SSSR count). The van der Waals surface area contributed by atoms with Crippen molar-refractivity contribution in [1.29, 1.82) is 0 Å². The molecule has 1 unspecified atom stereocenters. The molecule has 0 radical (unpaired) electrons. The second-order valence-electron chi connectivity index (χ2n) is 3.86. The molecule has 1 aliphatic rings. The van der Waals surface area contributed by atoms with Crippen LogP contribution < -0.4 is 4.90 Å². The molecule has 1 aromatic carbocycles. The third-order valence-corrected chi connectivity index (χ3v) is 3.43. The van der Waals surface area contributed by atoms with Gasteiger partial charge in [-0.3, -0.25) is 14.9 Å². The molecule has 1 fully saturated rings. The topological polar surface area (TPSA) is 83.7 Å². The van der Waals surface area contributed by atoms with Gasteiger partial charge in [-0.15, -0.1) is 0 Å². The monoisotopic (exact) mass is 334 g/mol. The molecule has 1 aromatic rings. The molecular formula is C10H8BrClN2O4. The van der Waals surface area contributed by atoms with Gasteiger partial charge in [0.25, 0.3) is 0 Å². The highest BCUT2D eigenvalue weighted by Crippen LogP contribution is 2.41. The summed E-state index contributed by atoms with van der Waals surface area (Å²) in [7, 11) is 0. The maximum atomic E-state index is 11.7. The summed E-state index contributed by atoms with van der Waals surface area (Å²) in [6.07, 6.45) is 0.278. The Morgan fingerprint density at radius 1 is 1.56 bits per heavy atom. The maximum absolute atomic E-state index is 11.7. The van der Waals surface area contributed by atoms with Crippen LogP contribution >= 0.6 is 27.5 Å². The van der Waals surface area contributed by atoms with Gasteiger partial charge < -0.3 is 10.0 Å². The number of alkyl halides is 1. The van der Waals surface area contributed by atoms with Gasteiger partial charge in [-0.25, -0.2) is 0 Å². The van der Waals surface area contributed by atoms with Gasteiger partial charge in [0.15, 0.2) is 0 Å². The summed E-state index contributed by atoms with van der Waals surface area (Å²) in [6, 6.07) is 2.39. The van der Waals surface area contributed by atoms with E-state index in [9.17, 15) is 20.0 Å². The van der Waals surface area contributed by atoms with Gasteiger partial charge in [0, 0.05) is 28.9 Å². The highest BCUT2D eigenvalue weighted by Gasteiger charge is 2.33. The first-order valence-electron chi connectivity index (χ1n) is 5.01. The number of nitro benzene ring substituents is 1. The molecule has 8 heteroatoms. The standard InChI is InChI=1S/C10H8BrClN2O4/c11-5-1-9(15)13(4-5)7-2-6(12)3-8(10(7)16)14(17)18/h2-3,5,16H,1,4H2. The van der Waals surface area contributed by atoms with Crippen molar-refractivity contribution in [2.45, 2.75) is 11.2 Å². The third kappa shape index (κ3) is 2.28. The number of amides is 1. The average molecular weight is 336 g/mol. The lowest BCUT2D eigenvalue weighted by atomic mass is 10.2. The van der Waals surface area contributed by atoms with Crippen molar-refractivity contribution in [2.24, 2.45) is 0 Å². The highest BCUT2D eigenvalue weighted by molar-refractivity contribution is 9.09. The Labute approximate surface area is 115 Å². The van der Waals surface area contributed by atoms with Crippen molar-refractivity contribution in [1.82, 2.24) is 0 Å². The van der Waals surface area contributed by atoms with Crippen LogP contribution in [0.5, 0.6) is 5.75 Å². The van der Waals surface area contributed by atoms with Crippen LogP contribution in [0.3, 0.4) is 0 Å². The number of halogens is 2. The smallest absolute Gasteiger partial charge is 0.314 e. The number of hydrogen-bond acceptors (Lipinski definition) is 4. The number of hydrogen-bond donors (Lipinski definition) is 1. The van der Waals surface area contributed by atoms with E-state index in [1.807, 2.05) is 0 Å². The van der Waals surface area contributed by atoms with E-state index in [0.717, 1.165) is 6.07 Å². The predicted molar refractivity (Wildman–Crippen MR) is 69.5 cm³/mol. The van der Waals surface area contributed by atoms with Gasteiger partial charge in [-0.05, 0) is 6.07 Å². The lowest BCUT2D eigenvalue weighted by Gasteiger charge is -2.17. The maximum Gasteiger partial charge on any atom is 0.314 e. The zero-order valence-electron chi connectivity index (χ0n) is 8.97. The van der Waals surface area contributed by atoms with Crippen molar-refractivity contribution in [3.05, 3.63) is 27.3 Å². The molecule has 1 saturated heterocycles. The van der Waals surface area contributed by atoms with E-state index in [0.29, 0.717) is 6.54 Å². The van der Waals surface area contributed by atoms with Crippen LogP contribution in [0, 0.1) is 10.1 Å². The number of phenolic OH excluding ortho intramolecular Hbond substituents is 1. The van der Waals surface area contributed by atoms with Crippen LogP contribution in [-0.4, -0.2) is 27.3 Å². The predicted octanol–water partition coefficient (Wildman–Crippen LogP) is 2.45. The van der Waals surface area contributed by atoms with Crippen LogP contribution in [0.25, 0.3) is 0 Å². The molecule has 0 aliphatic carbocycles. The highest BCUT2D eigenvalue weighted by atomic mass is 79.9. The molecule has 1 N–H and O–H groups in total. The first-order valence-corrected chi connectivity index (χ1v) is 6.31. The zero-order chi connectivity index (χ0) is 13.4. The number of nitrogens with zero attached hydrogens (tertiary/aromatic N) is 2. The van der Waals surface area contributed by atoms with E-state index < -0.39 is 16.4 Å². The summed E-state index contributed by atoms with van der Waals surface area (Å²) in [5.41, 5.74) is -0.440. The van der Waals surface area contributed by atoms with Crippen LogP contribution in [-0.2, 0) is 4.79 Å². The van der Waals surface area contributed by atoms with Crippen LogP contribution in [0.1, 0.15) is 6.42 Å².